The smallest absolute Gasteiger partial charge is 0.191 e. The Balaban J connectivity index is 0.00000420. The van der Waals surface area contributed by atoms with Gasteiger partial charge in [0.1, 0.15) is 6.61 Å². The van der Waals surface area contributed by atoms with Crippen molar-refractivity contribution >= 4 is 29.9 Å². The van der Waals surface area contributed by atoms with Crippen molar-refractivity contribution in [3.05, 3.63) is 23.8 Å². The van der Waals surface area contributed by atoms with E-state index in [4.69, 9.17) is 24.3 Å². The minimum Gasteiger partial charge on any atom is -0.493 e. The highest BCUT2D eigenvalue weighted by Crippen LogP contribution is 2.51. The van der Waals surface area contributed by atoms with Crippen LogP contribution in [0.25, 0.3) is 0 Å². The Kier molecular flexibility index (Phi) is 9.97. The van der Waals surface area contributed by atoms with Crippen molar-refractivity contribution in [3.8, 4) is 11.5 Å². The molecule has 2 atom stereocenters. The van der Waals surface area contributed by atoms with Crippen molar-refractivity contribution in [2.24, 2.45) is 10.4 Å². The Morgan fingerprint density at radius 1 is 1.24 bits per heavy atom. The van der Waals surface area contributed by atoms with Gasteiger partial charge >= 0.3 is 0 Å². The number of ether oxygens (including phenoxy) is 3. The number of nitrogens with one attached hydrogen (secondary N) is 2. The van der Waals surface area contributed by atoms with Crippen molar-refractivity contribution in [3.63, 3.8) is 0 Å². The summed E-state index contributed by atoms with van der Waals surface area (Å²) in [6.45, 7) is 10.2. The molecular weight excluding hydrogens is 485 g/mol. The third-order valence-electron chi connectivity index (χ3n) is 5.93. The maximum atomic E-state index is 8.92. The van der Waals surface area contributed by atoms with Gasteiger partial charge in [0.15, 0.2) is 17.5 Å². The van der Waals surface area contributed by atoms with Crippen LogP contribution in [0.5, 0.6) is 11.5 Å². The van der Waals surface area contributed by atoms with Crippen LogP contribution in [0.2, 0.25) is 0 Å². The SMILES string of the molecule is CCNC(=NCc1ccc(OCCO)c(OC)c1)NC1CC(C)(OC)C1(C)C.I. The van der Waals surface area contributed by atoms with E-state index < -0.39 is 0 Å². The normalized spacial score (nSPS) is 22.9. The number of aliphatic hydroxyl groups excluding tert-OH is 1. The second-order valence-corrected chi connectivity index (χ2v) is 7.81. The Labute approximate surface area is 191 Å². The Morgan fingerprint density at radius 2 is 1.97 bits per heavy atom. The summed E-state index contributed by atoms with van der Waals surface area (Å²) in [6.07, 6.45) is 0.936. The molecule has 1 fully saturated rings. The fraction of sp³-hybridized carbons (Fsp3) is 0.667. The van der Waals surface area contributed by atoms with E-state index in [1.54, 1.807) is 14.2 Å². The predicted octanol–water partition coefficient (Wildman–Crippen LogP) is 2.94. The van der Waals surface area contributed by atoms with E-state index in [0.29, 0.717) is 24.1 Å². The van der Waals surface area contributed by atoms with Crippen molar-refractivity contribution in [1.82, 2.24) is 10.6 Å². The number of hydrogen-bond donors (Lipinski definition) is 3. The molecule has 2 unspecified atom stereocenters. The lowest BCUT2D eigenvalue weighted by atomic mass is 9.56. The number of aliphatic imine (C=N–C) groups is 1. The second-order valence-electron chi connectivity index (χ2n) is 7.81. The van der Waals surface area contributed by atoms with Gasteiger partial charge in [0.25, 0.3) is 0 Å². The number of nitrogens with zero attached hydrogens (tertiary/aromatic N) is 1. The largest absolute Gasteiger partial charge is 0.493 e. The van der Waals surface area contributed by atoms with Crippen LogP contribution < -0.4 is 20.1 Å². The third-order valence-corrected chi connectivity index (χ3v) is 5.93. The summed E-state index contributed by atoms with van der Waals surface area (Å²) < 4.78 is 16.6. The average molecular weight is 521 g/mol. The number of guanidine groups is 1. The van der Waals surface area contributed by atoms with Gasteiger partial charge in [-0.3, -0.25) is 0 Å². The highest BCUT2D eigenvalue weighted by atomic mass is 127. The zero-order valence-electron chi connectivity index (χ0n) is 18.4. The summed E-state index contributed by atoms with van der Waals surface area (Å²) >= 11 is 0. The maximum Gasteiger partial charge on any atom is 0.191 e. The van der Waals surface area contributed by atoms with Gasteiger partial charge in [-0.05, 0) is 38.0 Å². The van der Waals surface area contributed by atoms with Crippen molar-refractivity contribution in [2.75, 3.05) is 34.0 Å². The van der Waals surface area contributed by atoms with Crippen molar-refractivity contribution < 1.29 is 19.3 Å². The van der Waals surface area contributed by atoms with Crippen LogP contribution in [0.4, 0.5) is 0 Å². The number of hydrogen-bond acceptors (Lipinski definition) is 5. The molecule has 2 rings (SSSR count). The zero-order chi connectivity index (χ0) is 20.8. The molecule has 0 radical (unpaired) electrons. The van der Waals surface area contributed by atoms with Gasteiger partial charge in [0, 0.05) is 25.1 Å². The van der Waals surface area contributed by atoms with Gasteiger partial charge in [-0.1, -0.05) is 19.9 Å². The van der Waals surface area contributed by atoms with E-state index in [9.17, 15) is 0 Å². The van der Waals surface area contributed by atoms with Gasteiger partial charge in [0.2, 0.25) is 0 Å². The summed E-state index contributed by atoms with van der Waals surface area (Å²) in [4.78, 5) is 4.73. The molecule has 0 bridgehead atoms. The lowest BCUT2D eigenvalue weighted by molar-refractivity contribution is -0.176. The van der Waals surface area contributed by atoms with Crippen molar-refractivity contribution in [2.45, 2.75) is 52.3 Å². The van der Waals surface area contributed by atoms with Gasteiger partial charge in [-0.2, -0.15) is 0 Å². The van der Waals surface area contributed by atoms with Gasteiger partial charge < -0.3 is 30.0 Å². The van der Waals surface area contributed by atoms with Gasteiger partial charge in [-0.15, -0.1) is 24.0 Å². The number of halogens is 1. The summed E-state index contributed by atoms with van der Waals surface area (Å²) in [5.74, 6) is 2.04. The minimum absolute atomic E-state index is 0. The molecule has 29 heavy (non-hydrogen) atoms. The first kappa shape index (κ1) is 25.8. The molecule has 1 aromatic carbocycles. The zero-order valence-corrected chi connectivity index (χ0v) is 20.7. The van der Waals surface area contributed by atoms with Crippen LogP contribution in [-0.4, -0.2) is 56.7 Å². The lowest BCUT2D eigenvalue weighted by Gasteiger charge is -2.59. The first-order chi connectivity index (χ1) is 13.3. The molecule has 0 amide bonds. The molecule has 0 spiro atoms. The van der Waals surface area contributed by atoms with E-state index >= 15 is 0 Å². The maximum absolute atomic E-state index is 8.92. The number of rotatable bonds is 9. The van der Waals surface area contributed by atoms with Gasteiger partial charge in [-0.25, -0.2) is 4.99 Å². The second kappa shape index (κ2) is 11.2. The quantitative estimate of drug-likeness (QED) is 0.263. The van der Waals surface area contributed by atoms with E-state index in [1.807, 2.05) is 18.2 Å². The van der Waals surface area contributed by atoms with Crippen LogP contribution in [0, 0.1) is 5.41 Å². The first-order valence-electron chi connectivity index (χ1n) is 9.82. The third kappa shape index (κ3) is 5.88. The first-order valence-corrected chi connectivity index (χ1v) is 9.82. The standard InChI is InChI=1S/C21H35N3O4.HI/c1-7-22-19(24-18-13-21(4,27-6)20(18,2)3)23-14-15-8-9-16(28-11-10-25)17(12-15)26-5;/h8-9,12,18,25H,7,10-11,13-14H2,1-6H3,(H2,22,23,24);1H. The summed E-state index contributed by atoms with van der Waals surface area (Å²) in [5.41, 5.74) is 0.895. The molecule has 0 aliphatic heterocycles. The van der Waals surface area contributed by atoms with Crippen LogP contribution in [0.15, 0.2) is 23.2 Å². The number of aliphatic hydroxyl groups is 1. The monoisotopic (exact) mass is 521 g/mol. The van der Waals surface area contributed by atoms with E-state index in [2.05, 4.69) is 38.3 Å². The Bertz CT molecular complexity index is 684. The fourth-order valence-corrected chi connectivity index (χ4v) is 3.46. The Morgan fingerprint density at radius 3 is 2.52 bits per heavy atom. The molecule has 1 aliphatic carbocycles. The highest BCUT2D eigenvalue weighted by Gasteiger charge is 2.58. The van der Waals surface area contributed by atoms with Crippen LogP contribution in [-0.2, 0) is 11.3 Å². The molecular formula is C21H36IN3O4. The molecule has 166 valence electrons. The molecule has 7 nitrogen and oxygen atoms in total. The molecule has 1 aliphatic rings. The number of benzene rings is 1. The van der Waals surface area contributed by atoms with Crippen LogP contribution >= 0.6 is 24.0 Å². The number of methoxy groups -OCH3 is 2. The van der Waals surface area contributed by atoms with Crippen LogP contribution in [0.1, 0.15) is 39.7 Å². The average Bonchev–Trinajstić information content (AvgIpc) is 2.70. The summed E-state index contributed by atoms with van der Waals surface area (Å²) in [5, 5.41) is 15.8. The molecule has 0 aromatic heterocycles. The fourth-order valence-electron chi connectivity index (χ4n) is 3.46. The molecule has 0 heterocycles. The van der Waals surface area contributed by atoms with E-state index in [-0.39, 0.29) is 48.2 Å². The summed E-state index contributed by atoms with van der Waals surface area (Å²) in [6, 6.07) is 6.00. The van der Waals surface area contributed by atoms with E-state index in [1.165, 1.54) is 0 Å². The lowest BCUT2D eigenvalue weighted by Crippen LogP contribution is -2.69. The Hall–Kier alpha value is -1.26. The van der Waals surface area contributed by atoms with Gasteiger partial charge in [0.05, 0.1) is 25.9 Å². The topological polar surface area (TPSA) is 84.3 Å². The minimum atomic E-state index is -0.125. The van der Waals surface area contributed by atoms with E-state index in [0.717, 1.165) is 24.5 Å². The predicted molar refractivity (Wildman–Crippen MR) is 127 cm³/mol. The molecule has 8 heteroatoms. The highest BCUT2D eigenvalue weighted by molar-refractivity contribution is 14.0. The molecule has 3 N–H and O–H groups in total. The molecule has 1 saturated carbocycles. The molecule has 0 saturated heterocycles. The molecule has 1 aromatic rings. The summed E-state index contributed by atoms with van der Waals surface area (Å²) in [7, 11) is 3.38. The van der Waals surface area contributed by atoms with Crippen LogP contribution in [0.3, 0.4) is 0 Å². The van der Waals surface area contributed by atoms with Crippen molar-refractivity contribution in [1.29, 1.82) is 0 Å².